The van der Waals surface area contributed by atoms with Gasteiger partial charge < -0.3 is 10.1 Å². The van der Waals surface area contributed by atoms with Gasteiger partial charge in [0.2, 0.25) is 0 Å². The smallest absolute Gasteiger partial charge is 0.122 e. The normalized spacial score (nSPS) is 22.4. The van der Waals surface area contributed by atoms with E-state index >= 15 is 0 Å². The molecule has 0 aliphatic heterocycles. The molecule has 21 heavy (non-hydrogen) atoms. The standard InChI is InChI=1S/C18H22N2O/c1-13(14-6-5-9-19-12-14)20-16-10-15(11-16)17-7-3-4-8-18(17)21-2/h3-9,12-13,15-16,20H,10-11H2,1-2H3. The van der Waals surface area contributed by atoms with Crippen LogP contribution in [0.25, 0.3) is 0 Å². The minimum absolute atomic E-state index is 0.349. The lowest BCUT2D eigenvalue weighted by Crippen LogP contribution is -2.41. The fraction of sp³-hybridized carbons (Fsp3) is 0.389. The number of methoxy groups -OCH3 is 1. The molecule has 110 valence electrons. The van der Waals surface area contributed by atoms with Gasteiger partial charge in [-0.3, -0.25) is 4.98 Å². The number of rotatable bonds is 5. The van der Waals surface area contributed by atoms with Crippen molar-refractivity contribution in [3.63, 3.8) is 0 Å². The Morgan fingerprint density at radius 2 is 2.00 bits per heavy atom. The fourth-order valence-electron chi connectivity index (χ4n) is 3.09. The van der Waals surface area contributed by atoms with E-state index in [4.69, 9.17) is 4.74 Å². The number of benzene rings is 1. The van der Waals surface area contributed by atoms with E-state index in [1.165, 1.54) is 24.0 Å². The molecule has 1 saturated carbocycles. The molecular weight excluding hydrogens is 260 g/mol. The van der Waals surface area contributed by atoms with E-state index in [1.807, 2.05) is 30.6 Å². The predicted octanol–water partition coefficient (Wildman–Crippen LogP) is 3.69. The number of para-hydroxylation sites is 1. The Kier molecular flexibility index (Phi) is 4.20. The molecule has 1 aliphatic rings. The summed E-state index contributed by atoms with van der Waals surface area (Å²) in [4.78, 5) is 4.19. The maximum absolute atomic E-state index is 5.46. The third-order valence-electron chi connectivity index (χ3n) is 4.39. The summed E-state index contributed by atoms with van der Waals surface area (Å²) in [6, 6.07) is 13.4. The van der Waals surface area contributed by atoms with Crippen molar-refractivity contribution >= 4 is 0 Å². The van der Waals surface area contributed by atoms with E-state index in [0.29, 0.717) is 18.0 Å². The minimum atomic E-state index is 0.349. The minimum Gasteiger partial charge on any atom is -0.496 e. The van der Waals surface area contributed by atoms with Crippen molar-refractivity contribution in [2.75, 3.05) is 7.11 Å². The molecule has 0 saturated heterocycles. The van der Waals surface area contributed by atoms with Gasteiger partial charge in [-0.2, -0.15) is 0 Å². The highest BCUT2D eigenvalue weighted by atomic mass is 16.5. The summed E-state index contributed by atoms with van der Waals surface area (Å²) >= 11 is 0. The molecule has 3 rings (SSSR count). The van der Waals surface area contributed by atoms with Crippen molar-refractivity contribution in [2.45, 2.75) is 37.8 Å². The number of ether oxygens (including phenoxy) is 1. The molecule has 1 fully saturated rings. The number of hydrogen-bond donors (Lipinski definition) is 1. The molecule has 1 aromatic heterocycles. The van der Waals surface area contributed by atoms with Crippen LogP contribution in [0.5, 0.6) is 5.75 Å². The maximum atomic E-state index is 5.46. The number of nitrogens with zero attached hydrogens (tertiary/aromatic N) is 1. The van der Waals surface area contributed by atoms with Crippen LogP contribution in [-0.2, 0) is 0 Å². The van der Waals surface area contributed by atoms with Gasteiger partial charge in [-0.25, -0.2) is 0 Å². The summed E-state index contributed by atoms with van der Waals surface area (Å²) in [6.45, 7) is 2.20. The maximum Gasteiger partial charge on any atom is 0.122 e. The van der Waals surface area contributed by atoms with Crippen LogP contribution in [0.4, 0.5) is 0 Å². The first-order valence-electron chi connectivity index (χ1n) is 7.57. The summed E-state index contributed by atoms with van der Waals surface area (Å²) in [5, 5.41) is 3.69. The van der Waals surface area contributed by atoms with Gasteiger partial charge in [0.15, 0.2) is 0 Å². The molecular formula is C18H22N2O. The van der Waals surface area contributed by atoms with Gasteiger partial charge in [0.05, 0.1) is 7.11 Å². The van der Waals surface area contributed by atoms with Crippen molar-refractivity contribution in [1.29, 1.82) is 0 Å². The second-order valence-corrected chi connectivity index (χ2v) is 5.78. The van der Waals surface area contributed by atoms with Gasteiger partial charge in [-0.1, -0.05) is 24.3 Å². The second-order valence-electron chi connectivity index (χ2n) is 5.78. The first-order chi connectivity index (χ1) is 10.3. The molecule has 2 aromatic rings. The Bertz CT molecular complexity index is 579. The summed E-state index contributed by atoms with van der Waals surface area (Å²) < 4.78 is 5.46. The first kappa shape index (κ1) is 14.1. The Balaban J connectivity index is 1.56. The summed E-state index contributed by atoms with van der Waals surface area (Å²) in [7, 11) is 1.75. The Labute approximate surface area is 126 Å². The zero-order valence-corrected chi connectivity index (χ0v) is 12.6. The zero-order valence-electron chi connectivity index (χ0n) is 12.6. The number of pyridine rings is 1. The molecule has 1 aromatic carbocycles. The first-order valence-corrected chi connectivity index (χ1v) is 7.57. The largest absolute Gasteiger partial charge is 0.496 e. The zero-order chi connectivity index (χ0) is 14.7. The van der Waals surface area contributed by atoms with Crippen molar-refractivity contribution in [1.82, 2.24) is 10.3 Å². The van der Waals surface area contributed by atoms with E-state index < -0.39 is 0 Å². The van der Waals surface area contributed by atoms with E-state index in [2.05, 4.69) is 35.4 Å². The van der Waals surface area contributed by atoms with Crippen molar-refractivity contribution in [2.24, 2.45) is 0 Å². The quantitative estimate of drug-likeness (QED) is 0.908. The number of nitrogens with one attached hydrogen (secondary N) is 1. The summed E-state index contributed by atoms with van der Waals surface area (Å²) in [6.07, 6.45) is 6.10. The van der Waals surface area contributed by atoms with Gasteiger partial charge in [0.1, 0.15) is 5.75 Å². The lowest BCUT2D eigenvalue weighted by molar-refractivity contribution is 0.265. The van der Waals surface area contributed by atoms with Gasteiger partial charge in [0, 0.05) is 24.5 Å². The lowest BCUT2D eigenvalue weighted by atomic mass is 9.75. The van der Waals surface area contributed by atoms with Crippen LogP contribution in [0.1, 0.15) is 42.9 Å². The molecule has 3 heteroatoms. The van der Waals surface area contributed by atoms with Gasteiger partial charge in [-0.15, -0.1) is 0 Å². The SMILES string of the molecule is COc1ccccc1C1CC(NC(C)c2cccnc2)C1. The van der Waals surface area contributed by atoms with Crippen molar-refractivity contribution in [3.05, 3.63) is 59.9 Å². The third kappa shape index (κ3) is 3.08. The molecule has 3 nitrogen and oxygen atoms in total. The van der Waals surface area contributed by atoms with Crippen LogP contribution < -0.4 is 10.1 Å². The molecule has 0 amide bonds. The van der Waals surface area contributed by atoms with Crippen LogP contribution >= 0.6 is 0 Å². The Hall–Kier alpha value is -1.87. The molecule has 0 bridgehead atoms. The predicted molar refractivity (Wildman–Crippen MR) is 84.5 cm³/mol. The van der Waals surface area contributed by atoms with E-state index in [0.717, 1.165) is 5.75 Å². The van der Waals surface area contributed by atoms with Gasteiger partial charge in [0.25, 0.3) is 0 Å². The third-order valence-corrected chi connectivity index (χ3v) is 4.39. The molecule has 0 radical (unpaired) electrons. The molecule has 1 unspecified atom stereocenters. The lowest BCUT2D eigenvalue weighted by Gasteiger charge is -2.38. The van der Waals surface area contributed by atoms with E-state index in [1.54, 1.807) is 7.11 Å². The highest BCUT2D eigenvalue weighted by molar-refractivity contribution is 5.37. The average molecular weight is 282 g/mol. The van der Waals surface area contributed by atoms with E-state index in [-0.39, 0.29) is 0 Å². The monoisotopic (exact) mass is 282 g/mol. The molecule has 1 aliphatic carbocycles. The van der Waals surface area contributed by atoms with Crippen LogP contribution in [0.15, 0.2) is 48.8 Å². The van der Waals surface area contributed by atoms with Crippen molar-refractivity contribution in [3.8, 4) is 5.75 Å². The van der Waals surface area contributed by atoms with Gasteiger partial charge in [-0.05, 0) is 48.9 Å². The van der Waals surface area contributed by atoms with Crippen LogP contribution in [0, 0.1) is 0 Å². The highest BCUT2D eigenvalue weighted by Gasteiger charge is 2.32. The molecule has 0 spiro atoms. The number of hydrogen-bond acceptors (Lipinski definition) is 3. The van der Waals surface area contributed by atoms with E-state index in [9.17, 15) is 0 Å². The van der Waals surface area contributed by atoms with Crippen LogP contribution in [0.3, 0.4) is 0 Å². The molecule has 1 atom stereocenters. The summed E-state index contributed by atoms with van der Waals surface area (Å²) in [5.41, 5.74) is 2.59. The van der Waals surface area contributed by atoms with Gasteiger partial charge >= 0.3 is 0 Å². The molecule has 1 N–H and O–H groups in total. The average Bonchev–Trinajstić information content (AvgIpc) is 2.51. The van der Waals surface area contributed by atoms with Crippen LogP contribution in [-0.4, -0.2) is 18.1 Å². The Morgan fingerprint density at radius 3 is 2.71 bits per heavy atom. The number of aromatic nitrogens is 1. The fourth-order valence-corrected chi connectivity index (χ4v) is 3.09. The second kappa shape index (κ2) is 6.27. The highest BCUT2D eigenvalue weighted by Crippen LogP contribution is 2.41. The summed E-state index contributed by atoms with van der Waals surface area (Å²) in [5.74, 6) is 1.63. The van der Waals surface area contributed by atoms with Crippen molar-refractivity contribution < 1.29 is 4.74 Å². The Morgan fingerprint density at radius 1 is 1.19 bits per heavy atom. The topological polar surface area (TPSA) is 34.1 Å². The molecule has 1 heterocycles. The van der Waals surface area contributed by atoms with Crippen LogP contribution in [0.2, 0.25) is 0 Å².